The number of carbonyl (C=O) groups excluding carboxylic acids is 1. The third-order valence-electron chi connectivity index (χ3n) is 4.01. The van der Waals surface area contributed by atoms with Crippen molar-refractivity contribution in [2.45, 2.75) is 45.2 Å². The summed E-state index contributed by atoms with van der Waals surface area (Å²) in [5, 5.41) is 3.07. The van der Waals surface area contributed by atoms with Crippen LogP contribution in [0.1, 0.15) is 33.1 Å². The van der Waals surface area contributed by atoms with Gasteiger partial charge in [-0.25, -0.2) is 0 Å². The third kappa shape index (κ3) is 6.68. The van der Waals surface area contributed by atoms with E-state index in [0.717, 1.165) is 38.9 Å². The van der Waals surface area contributed by atoms with Crippen LogP contribution in [0.2, 0.25) is 0 Å². The maximum absolute atomic E-state index is 12.0. The lowest BCUT2D eigenvalue weighted by atomic mass is 10.0. The molecular weight excluding hydrogens is 252 g/mol. The van der Waals surface area contributed by atoms with E-state index in [2.05, 4.69) is 43.1 Å². The Kier molecular flexibility index (Phi) is 7.48. The summed E-state index contributed by atoms with van der Waals surface area (Å²) in [6, 6.07) is 0.729. The summed E-state index contributed by atoms with van der Waals surface area (Å²) < 4.78 is 0. The molecule has 0 aromatic carbocycles. The highest BCUT2D eigenvalue weighted by Gasteiger charge is 2.19. The fraction of sp³-hybridized carbons (Fsp3) is 0.933. The molecule has 1 fully saturated rings. The van der Waals surface area contributed by atoms with Gasteiger partial charge in [0.25, 0.3) is 0 Å². The second-order valence-electron chi connectivity index (χ2n) is 6.66. The van der Waals surface area contributed by atoms with Crippen molar-refractivity contribution in [1.82, 2.24) is 15.1 Å². The SMILES string of the molecule is CC(C)CC(CNC(=O)CN1CCC(N)CC1)N(C)C. The fourth-order valence-electron chi connectivity index (χ4n) is 2.62. The Hall–Kier alpha value is -0.650. The van der Waals surface area contributed by atoms with Crippen molar-refractivity contribution in [3.63, 3.8) is 0 Å². The number of nitrogens with two attached hydrogens (primary N) is 1. The van der Waals surface area contributed by atoms with E-state index in [0.29, 0.717) is 24.5 Å². The lowest BCUT2D eigenvalue weighted by molar-refractivity contribution is -0.122. The van der Waals surface area contributed by atoms with E-state index in [1.165, 1.54) is 0 Å². The van der Waals surface area contributed by atoms with Crippen LogP contribution in [0.15, 0.2) is 0 Å². The number of carbonyl (C=O) groups is 1. The highest BCUT2D eigenvalue weighted by Crippen LogP contribution is 2.09. The molecule has 0 aromatic heterocycles. The summed E-state index contributed by atoms with van der Waals surface area (Å²) in [6.45, 7) is 7.56. The number of hydrogen-bond donors (Lipinski definition) is 2. The zero-order valence-corrected chi connectivity index (χ0v) is 13.6. The molecule has 0 spiro atoms. The van der Waals surface area contributed by atoms with Crippen LogP contribution in [0, 0.1) is 5.92 Å². The number of likely N-dealkylation sites (tertiary alicyclic amines) is 1. The van der Waals surface area contributed by atoms with E-state index < -0.39 is 0 Å². The first kappa shape index (κ1) is 17.4. The summed E-state index contributed by atoms with van der Waals surface area (Å²) in [6.07, 6.45) is 3.10. The number of likely N-dealkylation sites (N-methyl/N-ethyl adjacent to an activating group) is 1. The Labute approximate surface area is 123 Å². The van der Waals surface area contributed by atoms with Crippen molar-refractivity contribution < 1.29 is 4.79 Å². The first-order chi connectivity index (χ1) is 9.38. The maximum Gasteiger partial charge on any atom is 0.234 e. The topological polar surface area (TPSA) is 61.6 Å². The van der Waals surface area contributed by atoms with Crippen molar-refractivity contribution in [3.05, 3.63) is 0 Å². The quantitative estimate of drug-likeness (QED) is 0.715. The minimum atomic E-state index is 0.135. The van der Waals surface area contributed by atoms with Crippen molar-refractivity contribution in [3.8, 4) is 0 Å². The predicted molar refractivity (Wildman–Crippen MR) is 83.6 cm³/mol. The third-order valence-corrected chi connectivity index (χ3v) is 4.01. The number of piperidine rings is 1. The van der Waals surface area contributed by atoms with E-state index in [-0.39, 0.29) is 5.91 Å². The smallest absolute Gasteiger partial charge is 0.234 e. The molecule has 0 aliphatic carbocycles. The zero-order chi connectivity index (χ0) is 15.1. The van der Waals surface area contributed by atoms with E-state index in [1.807, 2.05) is 0 Å². The lowest BCUT2D eigenvalue weighted by Crippen LogP contribution is -2.47. The summed E-state index contributed by atoms with van der Waals surface area (Å²) in [5.74, 6) is 0.777. The number of rotatable bonds is 7. The molecule has 20 heavy (non-hydrogen) atoms. The van der Waals surface area contributed by atoms with Crippen LogP contribution in [0.3, 0.4) is 0 Å². The van der Waals surface area contributed by atoms with E-state index in [4.69, 9.17) is 5.73 Å². The average molecular weight is 284 g/mol. The van der Waals surface area contributed by atoms with Crippen molar-refractivity contribution in [2.24, 2.45) is 11.7 Å². The van der Waals surface area contributed by atoms with Crippen molar-refractivity contribution in [1.29, 1.82) is 0 Å². The van der Waals surface area contributed by atoms with Gasteiger partial charge in [0.05, 0.1) is 6.54 Å². The Balaban J connectivity index is 2.27. The van der Waals surface area contributed by atoms with Crippen LogP contribution >= 0.6 is 0 Å². The molecule has 1 atom stereocenters. The minimum absolute atomic E-state index is 0.135. The van der Waals surface area contributed by atoms with Crippen LogP contribution in [0.4, 0.5) is 0 Å². The Morgan fingerprint density at radius 1 is 1.35 bits per heavy atom. The fourth-order valence-corrected chi connectivity index (χ4v) is 2.62. The highest BCUT2D eigenvalue weighted by atomic mass is 16.2. The van der Waals surface area contributed by atoms with Crippen LogP contribution < -0.4 is 11.1 Å². The maximum atomic E-state index is 12.0. The molecule has 0 radical (unpaired) electrons. The predicted octanol–water partition coefficient (Wildman–Crippen LogP) is 0.502. The summed E-state index contributed by atoms with van der Waals surface area (Å²) in [4.78, 5) is 16.4. The molecule has 1 heterocycles. The van der Waals surface area contributed by atoms with E-state index >= 15 is 0 Å². The van der Waals surface area contributed by atoms with E-state index in [9.17, 15) is 4.79 Å². The Morgan fingerprint density at radius 3 is 2.45 bits per heavy atom. The minimum Gasteiger partial charge on any atom is -0.353 e. The molecule has 1 aliphatic rings. The second kappa shape index (κ2) is 8.60. The van der Waals surface area contributed by atoms with Gasteiger partial charge in [-0.1, -0.05) is 13.8 Å². The van der Waals surface area contributed by atoms with Crippen LogP contribution in [-0.4, -0.2) is 68.1 Å². The van der Waals surface area contributed by atoms with Gasteiger partial charge in [-0.3, -0.25) is 9.69 Å². The Morgan fingerprint density at radius 2 is 1.95 bits per heavy atom. The molecule has 1 aliphatic heterocycles. The molecule has 1 rings (SSSR count). The van der Waals surface area contributed by atoms with Gasteiger partial charge in [0, 0.05) is 31.7 Å². The molecule has 3 N–H and O–H groups in total. The standard InChI is InChI=1S/C15H32N4O/c1-12(2)9-14(18(3)4)10-17-15(20)11-19-7-5-13(16)6-8-19/h12-14H,5-11,16H2,1-4H3,(H,17,20). The molecule has 1 saturated heterocycles. The average Bonchev–Trinajstić information content (AvgIpc) is 2.36. The van der Waals surface area contributed by atoms with E-state index in [1.54, 1.807) is 0 Å². The normalized spacial score (nSPS) is 19.6. The van der Waals surface area contributed by atoms with Gasteiger partial charge in [0.1, 0.15) is 0 Å². The van der Waals surface area contributed by atoms with Crippen LogP contribution in [-0.2, 0) is 4.79 Å². The van der Waals surface area contributed by atoms with Crippen molar-refractivity contribution in [2.75, 3.05) is 40.3 Å². The summed E-state index contributed by atoms with van der Waals surface area (Å²) in [5.41, 5.74) is 5.87. The molecule has 5 heteroatoms. The van der Waals surface area contributed by atoms with Crippen LogP contribution in [0.5, 0.6) is 0 Å². The van der Waals surface area contributed by atoms with Gasteiger partial charge in [-0.15, -0.1) is 0 Å². The first-order valence-electron chi connectivity index (χ1n) is 7.79. The molecule has 0 bridgehead atoms. The molecular formula is C15H32N4O. The molecule has 1 amide bonds. The first-order valence-corrected chi connectivity index (χ1v) is 7.79. The Bertz CT molecular complexity index is 286. The van der Waals surface area contributed by atoms with Gasteiger partial charge < -0.3 is 16.0 Å². The number of nitrogens with zero attached hydrogens (tertiary/aromatic N) is 2. The van der Waals surface area contributed by atoms with Gasteiger partial charge in [-0.2, -0.15) is 0 Å². The molecule has 0 aromatic rings. The largest absolute Gasteiger partial charge is 0.353 e. The van der Waals surface area contributed by atoms with Gasteiger partial charge in [0.15, 0.2) is 0 Å². The molecule has 0 saturated carbocycles. The highest BCUT2D eigenvalue weighted by molar-refractivity contribution is 5.78. The summed E-state index contributed by atoms with van der Waals surface area (Å²) >= 11 is 0. The van der Waals surface area contributed by atoms with Crippen LogP contribution in [0.25, 0.3) is 0 Å². The lowest BCUT2D eigenvalue weighted by Gasteiger charge is -2.30. The van der Waals surface area contributed by atoms with Gasteiger partial charge >= 0.3 is 0 Å². The summed E-state index contributed by atoms with van der Waals surface area (Å²) in [7, 11) is 4.15. The number of amides is 1. The zero-order valence-electron chi connectivity index (χ0n) is 13.6. The van der Waals surface area contributed by atoms with Crippen molar-refractivity contribution >= 4 is 5.91 Å². The van der Waals surface area contributed by atoms with Gasteiger partial charge in [0.2, 0.25) is 5.91 Å². The number of nitrogens with one attached hydrogen (secondary N) is 1. The number of hydrogen-bond acceptors (Lipinski definition) is 4. The monoisotopic (exact) mass is 284 g/mol. The second-order valence-corrected chi connectivity index (χ2v) is 6.66. The molecule has 118 valence electrons. The van der Waals surface area contributed by atoms with Gasteiger partial charge in [-0.05, 0) is 39.3 Å². The molecule has 1 unspecified atom stereocenters. The molecule has 5 nitrogen and oxygen atoms in total.